The molecule has 0 aliphatic heterocycles. The summed E-state index contributed by atoms with van der Waals surface area (Å²) in [6.45, 7) is 1.95. The Bertz CT molecular complexity index is 1200. The predicted molar refractivity (Wildman–Crippen MR) is 109 cm³/mol. The van der Waals surface area contributed by atoms with Gasteiger partial charge in [0.1, 0.15) is 11.5 Å². The fourth-order valence-electron chi connectivity index (χ4n) is 2.94. The van der Waals surface area contributed by atoms with Crippen LogP contribution < -0.4 is 10.6 Å². The van der Waals surface area contributed by atoms with E-state index in [9.17, 15) is 18.0 Å². The molecule has 2 aromatic heterocycles. The Kier molecular flexibility index (Phi) is 4.91. The predicted octanol–water partition coefficient (Wildman–Crippen LogP) is 5.66. The zero-order valence-electron chi connectivity index (χ0n) is 15.9. The van der Waals surface area contributed by atoms with Crippen LogP contribution in [0.1, 0.15) is 21.6 Å². The lowest BCUT2D eigenvalue weighted by atomic mass is 10.1. The first-order valence-electron chi connectivity index (χ1n) is 9.10. The standard InChI is InChI=1S/C22H17F3N4O/c1-14-5-7-15(8-6-14)21(30)27-17-11-9-16(10-12-17)26-19-3-2-4-20-28-18(13-29(19)20)22(23,24)25/h2-13,26H,1H3,(H,27,30). The van der Waals surface area contributed by atoms with Crippen LogP contribution in [-0.2, 0) is 6.18 Å². The highest BCUT2D eigenvalue weighted by Crippen LogP contribution is 2.30. The van der Waals surface area contributed by atoms with Crippen LogP contribution in [0, 0.1) is 6.92 Å². The Labute approximate surface area is 170 Å². The number of hydrogen-bond acceptors (Lipinski definition) is 3. The summed E-state index contributed by atoms with van der Waals surface area (Å²) in [6, 6.07) is 18.9. The van der Waals surface area contributed by atoms with E-state index in [1.54, 1.807) is 48.5 Å². The molecule has 0 aliphatic rings. The third-order valence-electron chi connectivity index (χ3n) is 4.51. The lowest BCUT2D eigenvalue weighted by Crippen LogP contribution is -2.11. The first-order valence-corrected chi connectivity index (χ1v) is 9.10. The van der Waals surface area contributed by atoms with E-state index in [1.165, 1.54) is 10.5 Å². The lowest BCUT2D eigenvalue weighted by Gasteiger charge is -2.10. The molecule has 0 aliphatic carbocycles. The second-order valence-corrected chi connectivity index (χ2v) is 6.79. The first kappa shape index (κ1) is 19.5. The van der Waals surface area contributed by atoms with E-state index in [-0.39, 0.29) is 11.6 Å². The Morgan fingerprint density at radius 3 is 2.27 bits per heavy atom. The Morgan fingerprint density at radius 2 is 1.60 bits per heavy atom. The quantitative estimate of drug-likeness (QED) is 0.457. The molecule has 1 amide bonds. The van der Waals surface area contributed by atoms with Crippen molar-refractivity contribution in [3.63, 3.8) is 0 Å². The highest BCUT2D eigenvalue weighted by Gasteiger charge is 2.34. The number of hydrogen-bond donors (Lipinski definition) is 2. The number of anilines is 3. The molecule has 0 radical (unpaired) electrons. The van der Waals surface area contributed by atoms with Crippen LogP contribution in [0.5, 0.6) is 0 Å². The summed E-state index contributed by atoms with van der Waals surface area (Å²) in [5, 5.41) is 5.88. The fourth-order valence-corrected chi connectivity index (χ4v) is 2.94. The topological polar surface area (TPSA) is 58.4 Å². The molecule has 8 heteroatoms. The van der Waals surface area contributed by atoms with Crippen LogP contribution in [-0.4, -0.2) is 15.3 Å². The average Bonchev–Trinajstić information content (AvgIpc) is 3.16. The summed E-state index contributed by atoms with van der Waals surface area (Å²) in [4.78, 5) is 15.9. The minimum absolute atomic E-state index is 0.189. The third kappa shape index (κ3) is 4.12. The number of alkyl halides is 3. The molecule has 0 spiro atoms. The number of benzene rings is 2. The van der Waals surface area contributed by atoms with Gasteiger partial charge >= 0.3 is 6.18 Å². The number of pyridine rings is 1. The molecule has 0 atom stereocenters. The molecule has 0 saturated carbocycles. The SMILES string of the molecule is Cc1ccc(C(=O)Nc2ccc(Nc3cccc4nc(C(F)(F)F)cn34)cc2)cc1. The third-order valence-corrected chi connectivity index (χ3v) is 4.51. The number of aromatic nitrogens is 2. The van der Waals surface area contributed by atoms with Crippen molar-refractivity contribution in [3.8, 4) is 0 Å². The zero-order chi connectivity index (χ0) is 21.3. The molecule has 152 valence electrons. The molecule has 2 aromatic carbocycles. The molecular formula is C22H17F3N4O. The van der Waals surface area contributed by atoms with E-state index >= 15 is 0 Å². The van der Waals surface area contributed by atoms with Gasteiger partial charge in [-0.3, -0.25) is 9.20 Å². The number of nitrogens with zero attached hydrogens (tertiary/aromatic N) is 2. The second-order valence-electron chi connectivity index (χ2n) is 6.79. The van der Waals surface area contributed by atoms with Crippen molar-refractivity contribution in [2.45, 2.75) is 13.1 Å². The van der Waals surface area contributed by atoms with Crippen molar-refractivity contribution < 1.29 is 18.0 Å². The van der Waals surface area contributed by atoms with Crippen molar-refractivity contribution in [1.29, 1.82) is 0 Å². The van der Waals surface area contributed by atoms with Crippen LogP contribution in [0.4, 0.5) is 30.4 Å². The number of aryl methyl sites for hydroxylation is 1. The molecule has 4 aromatic rings. The summed E-state index contributed by atoms with van der Waals surface area (Å²) in [6.07, 6.45) is -3.56. The van der Waals surface area contributed by atoms with E-state index in [2.05, 4.69) is 15.6 Å². The number of halogens is 3. The largest absolute Gasteiger partial charge is 0.434 e. The molecule has 2 N–H and O–H groups in total. The Morgan fingerprint density at radius 1 is 0.933 bits per heavy atom. The first-order chi connectivity index (χ1) is 14.3. The molecule has 30 heavy (non-hydrogen) atoms. The van der Waals surface area contributed by atoms with Crippen LogP contribution in [0.3, 0.4) is 0 Å². The zero-order valence-corrected chi connectivity index (χ0v) is 15.9. The maximum Gasteiger partial charge on any atom is 0.434 e. The maximum absolute atomic E-state index is 12.9. The number of imidazole rings is 1. The molecular weight excluding hydrogens is 393 g/mol. The number of rotatable bonds is 4. The average molecular weight is 410 g/mol. The summed E-state index contributed by atoms with van der Waals surface area (Å²) < 4.78 is 40.2. The monoisotopic (exact) mass is 410 g/mol. The van der Waals surface area contributed by atoms with Crippen molar-refractivity contribution in [3.05, 3.63) is 89.7 Å². The van der Waals surface area contributed by atoms with Gasteiger partial charge in [-0.15, -0.1) is 0 Å². The van der Waals surface area contributed by atoms with Crippen LogP contribution >= 0.6 is 0 Å². The number of fused-ring (bicyclic) bond motifs is 1. The molecule has 2 heterocycles. The Balaban J connectivity index is 1.50. The molecule has 4 rings (SSSR count). The van der Waals surface area contributed by atoms with Crippen molar-refractivity contribution >= 4 is 28.7 Å². The van der Waals surface area contributed by atoms with Crippen molar-refractivity contribution in [1.82, 2.24) is 9.38 Å². The van der Waals surface area contributed by atoms with Gasteiger partial charge in [-0.2, -0.15) is 13.2 Å². The van der Waals surface area contributed by atoms with Gasteiger partial charge in [-0.25, -0.2) is 4.98 Å². The van der Waals surface area contributed by atoms with E-state index < -0.39 is 11.9 Å². The molecule has 0 bridgehead atoms. The maximum atomic E-state index is 12.9. The van der Waals surface area contributed by atoms with Gasteiger partial charge in [0.15, 0.2) is 5.69 Å². The summed E-state index contributed by atoms with van der Waals surface area (Å²) in [5.41, 5.74) is 2.11. The minimum Gasteiger partial charge on any atom is -0.341 e. The van der Waals surface area contributed by atoms with Gasteiger partial charge in [0, 0.05) is 23.1 Å². The number of nitrogens with one attached hydrogen (secondary N) is 2. The number of carbonyl (C=O) groups is 1. The summed E-state index contributed by atoms with van der Waals surface area (Å²) >= 11 is 0. The highest BCUT2D eigenvalue weighted by atomic mass is 19.4. The van der Waals surface area contributed by atoms with E-state index in [0.29, 0.717) is 22.8 Å². The Hall–Kier alpha value is -3.81. The van der Waals surface area contributed by atoms with Crippen LogP contribution in [0.15, 0.2) is 72.9 Å². The van der Waals surface area contributed by atoms with Crippen LogP contribution in [0.2, 0.25) is 0 Å². The van der Waals surface area contributed by atoms with E-state index in [0.717, 1.165) is 11.8 Å². The normalized spacial score (nSPS) is 11.5. The minimum atomic E-state index is -4.51. The highest BCUT2D eigenvalue weighted by molar-refractivity contribution is 6.04. The van der Waals surface area contributed by atoms with Gasteiger partial charge in [0.2, 0.25) is 0 Å². The van der Waals surface area contributed by atoms with Gasteiger partial charge in [-0.05, 0) is 55.5 Å². The van der Waals surface area contributed by atoms with Gasteiger partial charge in [-0.1, -0.05) is 23.8 Å². The molecule has 0 saturated heterocycles. The smallest absolute Gasteiger partial charge is 0.341 e. The number of carbonyl (C=O) groups excluding carboxylic acids is 1. The number of amides is 1. The van der Waals surface area contributed by atoms with Crippen molar-refractivity contribution in [2.24, 2.45) is 0 Å². The molecule has 0 unspecified atom stereocenters. The van der Waals surface area contributed by atoms with Crippen molar-refractivity contribution in [2.75, 3.05) is 10.6 Å². The lowest BCUT2D eigenvalue weighted by molar-refractivity contribution is -0.140. The summed E-state index contributed by atoms with van der Waals surface area (Å²) in [5.74, 6) is 0.213. The molecule has 0 fully saturated rings. The van der Waals surface area contributed by atoms with Gasteiger partial charge in [0.25, 0.3) is 5.91 Å². The van der Waals surface area contributed by atoms with E-state index in [4.69, 9.17) is 0 Å². The van der Waals surface area contributed by atoms with Crippen LogP contribution in [0.25, 0.3) is 5.65 Å². The second kappa shape index (κ2) is 7.55. The van der Waals surface area contributed by atoms with Gasteiger partial charge in [0.05, 0.1) is 0 Å². The van der Waals surface area contributed by atoms with Gasteiger partial charge < -0.3 is 10.6 Å². The molecule has 5 nitrogen and oxygen atoms in total. The van der Waals surface area contributed by atoms with E-state index in [1.807, 2.05) is 19.1 Å². The summed E-state index contributed by atoms with van der Waals surface area (Å²) in [7, 11) is 0. The fraction of sp³-hybridized carbons (Fsp3) is 0.0909.